The molecule has 6 nitrogen and oxygen atoms in total. The second kappa shape index (κ2) is 5.09. The molecule has 0 bridgehead atoms. The number of nitrogen functional groups attached to an aromatic ring is 1. The van der Waals surface area contributed by atoms with E-state index in [1.54, 1.807) is 0 Å². The van der Waals surface area contributed by atoms with Crippen LogP contribution in [0, 0.1) is 5.92 Å². The van der Waals surface area contributed by atoms with Gasteiger partial charge in [-0.15, -0.1) is 0 Å². The minimum absolute atomic E-state index is 0.365. The van der Waals surface area contributed by atoms with Gasteiger partial charge in [-0.3, -0.25) is 0 Å². The Morgan fingerprint density at radius 3 is 2.96 bits per heavy atom. The Balaban J connectivity index is 1.59. The van der Waals surface area contributed by atoms with Gasteiger partial charge in [-0.1, -0.05) is 0 Å². The predicted octanol–water partition coefficient (Wildman–Crippen LogP) is 1.87. The molecule has 0 unspecified atom stereocenters. The lowest BCUT2D eigenvalue weighted by Crippen LogP contribution is -2.40. The van der Waals surface area contributed by atoms with Crippen molar-refractivity contribution in [3.05, 3.63) is 11.3 Å². The zero-order valence-corrected chi connectivity index (χ0v) is 13.3. The minimum Gasteiger partial charge on any atom is -0.455 e. The quantitative estimate of drug-likeness (QED) is 0.836. The molecule has 3 N–H and O–H groups in total. The van der Waals surface area contributed by atoms with Gasteiger partial charge in [-0.2, -0.15) is 4.98 Å². The highest BCUT2D eigenvalue weighted by atomic mass is 16.3. The van der Waals surface area contributed by atoms with Crippen LogP contribution < -0.4 is 16.0 Å². The van der Waals surface area contributed by atoms with E-state index in [1.807, 2.05) is 0 Å². The second-order valence-corrected chi connectivity index (χ2v) is 7.16. The smallest absolute Gasteiger partial charge is 0.222 e. The number of hydrogen-bond acceptors (Lipinski definition) is 6. The third kappa shape index (κ3) is 2.11. The molecule has 2 aromatic heterocycles. The normalized spacial score (nSPS) is 27.2. The van der Waals surface area contributed by atoms with Gasteiger partial charge in [0.15, 0.2) is 11.4 Å². The topological polar surface area (TPSA) is 80.2 Å². The molecule has 4 heterocycles. The number of nitrogens with one attached hydrogen (secondary N) is 1. The number of hydrogen-bond donors (Lipinski definition) is 2. The van der Waals surface area contributed by atoms with E-state index in [0.717, 1.165) is 55.2 Å². The van der Waals surface area contributed by atoms with Crippen LogP contribution in [0.3, 0.4) is 0 Å². The molecule has 6 heteroatoms. The first kappa shape index (κ1) is 13.6. The fourth-order valence-electron chi connectivity index (χ4n) is 4.55. The van der Waals surface area contributed by atoms with E-state index < -0.39 is 0 Å². The average Bonchev–Trinajstić information content (AvgIpc) is 3.15. The fraction of sp³-hybridized carbons (Fsp3) is 0.647. The highest BCUT2D eigenvalue weighted by molar-refractivity contribution is 5.89. The molecule has 3 aliphatic rings. The fourth-order valence-corrected chi connectivity index (χ4v) is 4.55. The largest absolute Gasteiger partial charge is 0.455 e. The van der Waals surface area contributed by atoms with Crippen molar-refractivity contribution in [2.24, 2.45) is 5.92 Å². The summed E-state index contributed by atoms with van der Waals surface area (Å²) in [7, 11) is 0. The Morgan fingerprint density at radius 2 is 2.04 bits per heavy atom. The molecule has 2 saturated heterocycles. The average molecular weight is 313 g/mol. The van der Waals surface area contributed by atoms with Crippen molar-refractivity contribution in [2.45, 2.75) is 44.6 Å². The Labute approximate surface area is 135 Å². The van der Waals surface area contributed by atoms with E-state index in [0.29, 0.717) is 17.9 Å². The Bertz CT molecular complexity index is 741. The number of aryl methyl sites for hydroxylation is 2. The lowest BCUT2D eigenvalue weighted by Gasteiger charge is -2.24. The van der Waals surface area contributed by atoms with E-state index in [2.05, 4.69) is 20.2 Å². The summed E-state index contributed by atoms with van der Waals surface area (Å²) in [5, 5.41) is 3.65. The van der Waals surface area contributed by atoms with Gasteiger partial charge in [0, 0.05) is 31.1 Å². The number of nitrogens with zero attached hydrogens (tertiary/aromatic N) is 3. The van der Waals surface area contributed by atoms with Crippen LogP contribution in [0.2, 0.25) is 0 Å². The molecule has 0 spiro atoms. The number of nitrogens with two attached hydrogens (primary N) is 1. The molecule has 2 atom stereocenters. The van der Waals surface area contributed by atoms with Crippen molar-refractivity contribution in [1.82, 2.24) is 15.3 Å². The van der Waals surface area contributed by atoms with E-state index in [9.17, 15) is 0 Å². The lowest BCUT2D eigenvalue weighted by molar-refractivity contribution is 0.340. The third-order valence-electron chi connectivity index (χ3n) is 5.69. The summed E-state index contributed by atoms with van der Waals surface area (Å²) < 4.78 is 6.20. The van der Waals surface area contributed by atoms with Gasteiger partial charge in [-0.05, 0) is 44.6 Å². The Kier molecular flexibility index (Phi) is 3.01. The second-order valence-electron chi connectivity index (χ2n) is 7.16. The minimum atomic E-state index is 0.365. The van der Waals surface area contributed by atoms with Crippen LogP contribution in [0.25, 0.3) is 11.1 Å². The third-order valence-corrected chi connectivity index (χ3v) is 5.69. The van der Waals surface area contributed by atoms with Crippen LogP contribution in [0.5, 0.6) is 0 Å². The molecule has 2 aromatic rings. The summed E-state index contributed by atoms with van der Waals surface area (Å²) in [6, 6.07) is 0.569. The van der Waals surface area contributed by atoms with Crippen molar-refractivity contribution >= 4 is 22.9 Å². The Morgan fingerprint density at radius 1 is 1.13 bits per heavy atom. The molecule has 0 amide bonds. The van der Waals surface area contributed by atoms with Gasteiger partial charge >= 0.3 is 0 Å². The number of aromatic nitrogens is 2. The number of rotatable bonds is 1. The van der Waals surface area contributed by atoms with Crippen molar-refractivity contribution in [3.63, 3.8) is 0 Å². The molecule has 2 aliphatic heterocycles. The highest BCUT2D eigenvalue weighted by Gasteiger charge is 2.36. The van der Waals surface area contributed by atoms with Crippen LogP contribution >= 0.6 is 0 Å². The monoisotopic (exact) mass is 313 g/mol. The maximum absolute atomic E-state index is 6.20. The van der Waals surface area contributed by atoms with Crippen LogP contribution in [0.1, 0.15) is 37.0 Å². The molecule has 0 aromatic carbocycles. The summed E-state index contributed by atoms with van der Waals surface area (Å²) in [6.07, 6.45) is 7.03. The highest BCUT2D eigenvalue weighted by Crippen LogP contribution is 2.37. The summed E-state index contributed by atoms with van der Waals surface area (Å²) >= 11 is 0. The number of anilines is 2. The van der Waals surface area contributed by atoms with Crippen molar-refractivity contribution < 1.29 is 4.42 Å². The van der Waals surface area contributed by atoms with Gasteiger partial charge in [0.25, 0.3) is 0 Å². The van der Waals surface area contributed by atoms with Gasteiger partial charge in [-0.25, -0.2) is 4.98 Å². The first-order valence-electron chi connectivity index (χ1n) is 8.85. The van der Waals surface area contributed by atoms with Crippen LogP contribution in [0.15, 0.2) is 4.42 Å². The van der Waals surface area contributed by atoms with E-state index in [4.69, 9.17) is 10.2 Å². The van der Waals surface area contributed by atoms with Crippen LogP contribution in [0.4, 0.5) is 11.8 Å². The standard InChI is InChI=1S/C17H23N5O/c18-17-20-14-11-5-1-2-6-13(11)23-15(14)16(21-17)22-8-10-4-3-7-19-12(10)9-22/h10,12,19H,1-9H2,(H2,18,20,21)/t10-,12+/m1/s1. The molecule has 5 rings (SSSR count). The molecule has 122 valence electrons. The molecule has 0 saturated carbocycles. The van der Waals surface area contributed by atoms with Gasteiger partial charge < -0.3 is 20.4 Å². The van der Waals surface area contributed by atoms with E-state index in [-0.39, 0.29) is 0 Å². The first-order chi connectivity index (χ1) is 11.3. The number of fused-ring (bicyclic) bond motifs is 4. The molecule has 1 aliphatic carbocycles. The molecule has 2 fully saturated rings. The summed E-state index contributed by atoms with van der Waals surface area (Å²) in [4.78, 5) is 11.4. The molecular weight excluding hydrogens is 290 g/mol. The van der Waals surface area contributed by atoms with Crippen molar-refractivity contribution in [2.75, 3.05) is 30.3 Å². The van der Waals surface area contributed by atoms with Crippen molar-refractivity contribution in [1.29, 1.82) is 0 Å². The van der Waals surface area contributed by atoms with E-state index >= 15 is 0 Å². The van der Waals surface area contributed by atoms with Crippen LogP contribution in [-0.2, 0) is 12.8 Å². The van der Waals surface area contributed by atoms with Crippen LogP contribution in [-0.4, -0.2) is 35.6 Å². The SMILES string of the molecule is Nc1nc(N2C[C@H]3CCCN[C@H]3C2)c2oc3c(c2n1)CCCC3. The van der Waals surface area contributed by atoms with Gasteiger partial charge in [0.2, 0.25) is 5.95 Å². The lowest BCUT2D eigenvalue weighted by atomic mass is 9.94. The van der Waals surface area contributed by atoms with Gasteiger partial charge in [0.05, 0.1) is 0 Å². The maximum Gasteiger partial charge on any atom is 0.222 e. The first-order valence-corrected chi connectivity index (χ1v) is 8.85. The maximum atomic E-state index is 6.20. The predicted molar refractivity (Wildman–Crippen MR) is 89.6 cm³/mol. The molecule has 23 heavy (non-hydrogen) atoms. The van der Waals surface area contributed by atoms with Crippen molar-refractivity contribution in [3.8, 4) is 0 Å². The number of piperidine rings is 1. The molecular formula is C17H23N5O. The zero-order valence-electron chi connectivity index (χ0n) is 13.3. The Hall–Kier alpha value is -1.82. The summed E-state index contributed by atoms with van der Waals surface area (Å²) in [5.41, 5.74) is 9.09. The summed E-state index contributed by atoms with van der Waals surface area (Å²) in [5.74, 6) is 3.07. The zero-order chi connectivity index (χ0) is 15.4. The molecule has 0 radical (unpaired) electrons. The number of furan rings is 1. The van der Waals surface area contributed by atoms with E-state index in [1.165, 1.54) is 31.2 Å². The van der Waals surface area contributed by atoms with Gasteiger partial charge in [0.1, 0.15) is 11.3 Å². The summed E-state index contributed by atoms with van der Waals surface area (Å²) in [6.45, 7) is 3.15.